The van der Waals surface area contributed by atoms with Gasteiger partial charge in [-0.2, -0.15) is 0 Å². The van der Waals surface area contributed by atoms with Crippen molar-refractivity contribution in [1.29, 1.82) is 0 Å². The molecule has 0 aromatic heterocycles. The molecule has 1 fully saturated rings. The molecule has 10 nitrogen and oxygen atoms in total. The van der Waals surface area contributed by atoms with Crippen LogP contribution in [0.15, 0.2) is 36.4 Å². The Morgan fingerprint density at radius 1 is 1.14 bits per heavy atom. The molecule has 5 rings (SSSR count). The largest absolute Gasteiger partial charge is 0.491 e. The van der Waals surface area contributed by atoms with Crippen LogP contribution in [0.3, 0.4) is 0 Å². The van der Waals surface area contributed by atoms with Crippen LogP contribution in [0, 0.1) is 5.82 Å². The van der Waals surface area contributed by atoms with Gasteiger partial charge in [0.15, 0.2) is 0 Å². The van der Waals surface area contributed by atoms with Gasteiger partial charge in [0.1, 0.15) is 24.7 Å². The van der Waals surface area contributed by atoms with Crippen LogP contribution in [0.5, 0.6) is 5.75 Å². The average molecular weight is 482 g/mol. The van der Waals surface area contributed by atoms with E-state index in [9.17, 15) is 23.6 Å². The first-order chi connectivity index (χ1) is 16.8. The molecule has 2 aromatic carbocycles. The molecule has 1 saturated heterocycles. The van der Waals surface area contributed by atoms with Crippen molar-refractivity contribution in [1.82, 2.24) is 15.1 Å². The lowest BCUT2D eigenvalue weighted by Gasteiger charge is -2.23. The van der Waals surface area contributed by atoms with Gasteiger partial charge in [-0.1, -0.05) is 6.07 Å². The zero-order valence-electron chi connectivity index (χ0n) is 18.9. The number of benzene rings is 2. The van der Waals surface area contributed by atoms with Gasteiger partial charge in [-0.25, -0.2) is 18.9 Å². The molecule has 0 radical (unpaired) electrons. The highest BCUT2D eigenvalue weighted by molar-refractivity contribution is 6.06. The summed E-state index contributed by atoms with van der Waals surface area (Å²) >= 11 is 0. The lowest BCUT2D eigenvalue weighted by atomic mass is 9.94. The van der Waals surface area contributed by atoms with Gasteiger partial charge in [0, 0.05) is 36.8 Å². The van der Waals surface area contributed by atoms with E-state index in [1.54, 1.807) is 18.2 Å². The smallest absolute Gasteiger partial charge is 0.418 e. The molecule has 2 aliphatic heterocycles. The van der Waals surface area contributed by atoms with Crippen LogP contribution >= 0.6 is 0 Å². The highest BCUT2D eigenvalue weighted by Gasteiger charge is 2.58. The number of fused-ring (bicyclic) bond motifs is 3. The summed E-state index contributed by atoms with van der Waals surface area (Å²) < 4.78 is 24.9. The Labute approximate surface area is 200 Å². The molecule has 5 amide bonds. The minimum atomic E-state index is -1.49. The summed E-state index contributed by atoms with van der Waals surface area (Å²) in [6, 6.07) is 8.74. The third-order valence-corrected chi connectivity index (χ3v) is 6.49. The molecule has 35 heavy (non-hydrogen) atoms. The van der Waals surface area contributed by atoms with Gasteiger partial charge in [0.2, 0.25) is 11.5 Å². The normalized spacial score (nSPS) is 20.6. The third kappa shape index (κ3) is 3.92. The fourth-order valence-electron chi connectivity index (χ4n) is 4.74. The highest BCUT2D eigenvalue weighted by Crippen LogP contribution is 2.46. The summed E-state index contributed by atoms with van der Waals surface area (Å²) in [7, 11) is 1.50. The highest BCUT2D eigenvalue weighted by atomic mass is 19.1. The Balaban J connectivity index is 1.33. The molecule has 1 aliphatic carbocycles. The van der Waals surface area contributed by atoms with E-state index in [-0.39, 0.29) is 32.1 Å². The second kappa shape index (κ2) is 8.57. The van der Waals surface area contributed by atoms with Gasteiger partial charge >= 0.3 is 12.1 Å². The van der Waals surface area contributed by atoms with Crippen LogP contribution in [0.1, 0.15) is 23.1 Å². The predicted molar refractivity (Wildman–Crippen MR) is 120 cm³/mol. The number of hydrogen-bond acceptors (Lipinski definition) is 6. The standard InChI is InChI=1S/C24H23FN4O6/c1-26-22(32)27-17-3-4-18-14(11-17)6-7-24(18)21(31)29(23(33)35-24)13-20(30)28-8-9-34-19-5-2-16(25)10-15(19)12-28/h2-5,10-11H,6-9,12-13H2,1H3,(H2,26,27,32)/t24-/m0/s1. The van der Waals surface area contributed by atoms with Crippen LogP contribution in [-0.2, 0) is 32.9 Å². The molecule has 0 unspecified atom stereocenters. The van der Waals surface area contributed by atoms with E-state index in [1.807, 2.05) is 0 Å². The second-order valence-corrected chi connectivity index (χ2v) is 8.58. The lowest BCUT2D eigenvalue weighted by Crippen LogP contribution is -2.45. The SMILES string of the molecule is CNC(=O)Nc1ccc2c(c1)CC[C@]21OC(=O)N(CC(=O)N2CCOc3ccc(F)cc3C2)C1=O. The van der Waals surface area contributed by atoms with Gasteiger partial charge in [-0.15, -0.1) is 0 Å². The minimum absolute atomic E-state index is 0.0953. The number of rotatable bonds is 3. The topological polar surface area (TPSA) is 117 Å². The maximum Gasteiger partial charge on any atom is 0.418 e. The number of hydrogen-bond donors (Lipinski definition) is 2. The molecule has 1 atom stereocenters. The zero-order valence-corrected chi connectivity index (χ0v) is 18.9. The lowest BCUT2D eigenvalue weighted by molar-refractivity contribution is -0.142. The zero-order chi connectivity index (χ0) is 24.7. The summed E-state index contributed by atoms with van der Waals surface area (Å²) in [5.41, 5.74) is 0.880. The first-order valence-electron chi connectivity index (χ1n) is 11.2. The second-order valence-electron chi connectivity index (χ2n) is 8.58. The molecule has 11 heteroatoms. The fraction of sp³-hybridized carbons (Fsp3) is 0.333. The molecule has 182 valence electrons. The molecule has 2 N–H and O–H groups in total. The van der Waals surface area contributed by atoms with Crippen molar-refractivity contribution in [2.45, 2.75) is 25.0 Å². The van der Waals surface area contributed by atoms with E-state index >= 15 is 0 Å². The Hall–Kier alpha value is -4.15. The van der Waals surface area contributed by atoms with Crippen molar-refractivity contribution in [2.75, 3.05) is 32.1 Å². The summed E-state index contributed by atoms with van der Waals surface area (Å²) in [5.74, 6) is -1.03. The number of anilines is 1. The van der Waals surface area contributed by atoms with E-state index in [1.165, 1.54) is 30.1 Å². The monoisotopic (exact) mass is 482 g/mol. The molecule has 3 aliphatic rings. The molecule has 0 saturated carbocycles. The van der Waals surface area contributed by atoms with Crippen molar-refractivity contribution >= 4 is 29.6 Å². The Kier molecular flexibility index (Phi) is 5.54. The summed E-state index contributed by atoms with van der Waals surface area (Å²) in [4.78, 5) is 53.0. The number of halogens is 1. The number of imide groups is 1. The number of nitrogens with zero attached hydrogens (tertiary/aromatic N) is 2. The maximum absolute atomic E-state index is 13.7. The van der Waals surface area contributed by atoms with Gasteiger partial charge in [-0.05, 0) is 42.3 Å². The Morgan fingerprint density at radius 2 is 1.97 bits per heavy atom. The number of nitrogens with one attached hydrogen (secondary N) is 2. The van der Waals surface area contributed by atoms with Gasteiger partial charge in [-0.3, -0.25) is 9.59 Å². The summed E-state index contributed by atoms with van der Waals surface area (Å²) in [6.45, 7) is 0.0294. The van der Waals surface area contributed by atoms with Crippen molar-refractivity contribution in [3.63, 3.8) is 0 Å². The predicted octanol–water partition coefficient (Wildman–Crippen LogP) is 2.12. The summed E-state index contributed by atoms with van der Waals surface area (Å²) in [5, 5.41) is 5.13. The third-order valence-electron chi connectivity index (χ3n) is 6.49. The van der Waals surface area contributed by atoms with Crippen LogP contribution < -0.4 is 15.4 Å². The van der Waals surface area contributed by atoms with Gasteiger partial charge < -0.3 is 25.0 Å². The molecular formula is C24H23FN4O6. The van der Waals surface area contributed by atoms with Crippen LogP contribution in [-0.4, -0.2) is 60.5 Å². The molecule has 0 bridgehead atoms. The number of ether oxygens (including phenoxy) is 2. The van der Waals surface area contributed by atoms with E-state index in [0.29, 0.717) is 29.0 Å². The molecule has 2 aromatic rings. The molecular weight excluding hydrogens is 459 g/mol. The Bertz CT molecular complexity index is 1250. The van der Waals surface area contributed by atoms with Crippen molar-refractivity contribution in [3.05, 3.63) is 58.9 Å². The van der Waals surface area contributed by atoms with Gasteiger partial charge in [0.05, 0.1) is 6.54 Å². The quantitative estimate of drug-likeness (QED) is 0.692. The first-order valence-corrected chi connectivity index (χ1v) is 11.2. The van der Waals surface area contributed by atoms with Crippen molar-refractivity contribution in [2.24, 2.45) is 0 Å². The molecule has 2 heterocycles. The van der Waals surface area contributed by atoms with E-state index in [2.05, 4.69) is 10.6 Å². The van der Waals surface area contributed by atoms with E-state index in [4.69, 9.17) is 9.47 Å². The average Bonchev–Trinajstić information content (AvgIpc) is 3.20. The number of amides is 5. The Morgan fingerprint density at radius 3 is 2.77 bits per heavy atom. The van der Waals surface area contributed by atoms with Crippen LogP contribution in [0.25, 0.3) is 0 Å². The van der Waals surface area contributed by atoms with Crippen molar-refractivity contribution < 1.29 is 33.0 Å². The number of carbonyl (C=O) groups is 4. The fourth-order valence-corrected chi connectivity index (χ4v) is 4.74. The van der Waals surface area contributed by atoms with Gasteiger partial charge in [0.25, 0.3) is 5.91 Å². The van der Waals surface area contributed by atoms with Crippen LogP contribution in [0.2, 0.25) is 0 Å². The van der Waals surface area contributed by atoms with Crippen molar-refractivity contribution in [3.8, 4) is 5.75 Å². The summed E-state index contributed by atoms with van der Waals surface area (Å²) in [6.07, 6.45) is -0.183. The number of carbonyl (C=O) groups excluding carboxylic acids is 4. The van der Waals surface area contributed by atoms with Crippen LogP contribution in [0.4, 0.5) is 19.7 Å². The molecule has 1 spiro atoms. The number of aryl methyl sites for hydroxylation is 1. The van der Waals surface area contributed by atoms with E-state index < -0.39 is 35.9 Å². The maximum atomic E-state index is 13.7. The minimum Gasteiger partial charge on any atom is -0.491 e. The number of urea groups is 1. The van der Waals surface area contributed by atoms with E-state index in [0.717, 1.165) is 10.5 Å². The first kappa shape index (κ1) is 22.6.